The summed E-state index contributed by atoms with van der Waals surface area (Å²) in [5.41, 5.74) is 1.49. The first-order valence-electron chi connectivity index (χ1n) is 6.83. The van der Waals surface area contributed by atoms with E-state index in [2.05, 4.69) is 20.6 Å². The van der Waals surface area contributed by atoms with Crippen LogP contribution in [0.2, 0.25) is 0 Å². The van der Waals surface area contributed by atoms with Gasteiger partial charge in [-0.05, 0) is 26.2 Å². The number of nitrogens with one attached hydrogen (secondary N) is 2. The SMILES string of the molecule is CN(C)CCn1cc(NC(=O)Nc2ccccc2C#N)cn1. The van der Waals surface area contributed by atoms with Crippen molar-refractivity contribution in [1.82, 2.24) is 14.7 Å². The number of nitriles is 1. The van der Waals surface area contributed by atoms with Crippen molar-refractivity contribution in [2.24, 2.45) is 0 Å². The van der Waals surface area contributed by atoms with Gasteiger partial charge in [0, 0.05) is 12.7 Å². The first-order valence-corrected chi connectivity index (χ1v) is 6.83. The highest BCUT2D eigenvalue weighted by Gasteiger charge is 2.07. The lowest BCUT2D eigenvalue weighted by molar-refractivity contribution is 0.262. The molecule has 0 spiro atoms. The number of para-hydroxylation sites is 1. The average molecular weight is 298 g/mol. The number of nitrogens with zero attached hydrogens (tertiary/aromatic N) is 4. The van der Waals surface area contributed by atoms with Crippen molar-refractivity contribution in [3.63, 3.8) is 0 Å². The largest absolute Gasteiger partial charge is 0.323 e. The highest BCUT2D eigenvalue weighted by molar-refractivity contribution is 6.00. The van der Waals surface area contributed by atoms with Gasteiger partial charge in [0.15, 0.2) is 0 Å². The molecule has 2 N–H and O–H groups in total. The van der Waals surface area contributed by atoms with E-state index in [1.165, 1.54) is 0 Å². The Bertz CT molecular complexity index is 685. The van der Waals surface area contributed by atoms with Crippen molar-refractivity contribution in [2.75, 3.05) is 31.3 Å². The summed E-state index contributed by atoms with van der Waals surface area (Å²) in [6.07, 6.45) is 3.35. The summed E-state index contributed by atoms with van der Waals surface area (Å²) in [6.45, 7) is 1.61. The fraction of sp³-hybridized carbons (Fsp3) is 0.267. The van der Waals surface area contributed by atoms with Gasteiger partial charge in [0.05, 0.1) is 29.7 Å². The third-order valence-corrected chi connectivity index (χ3v) is 2.96. The number of aromatic nitrogens is 2. The van der Waals surface area contributed by atoms with Crippen LogP contribution in [0.5, 0.6) is 0 Å². The van der Waals surface area contributed by atoms with Crippen molar-refractivity contribution < 1.29 is 4.79 Å². The molecule has 0 atom stereocenters. The molecular formula is C15H18N6O. The van der Waals surface area contributed by atoms with E-state index in [1.807, 2.05) is 20.2 Å². The molecule has 0 radical (unpaired) electrons. The molecule has 0 aliphatic carbocycles. The second-order valence-corrected chi connectivity index (χ2v) is 5.03. The van der Waals surface area contributed by atoms with Gasteiger partial charge in [-0.2, -0.15) is 10.4 Å². The first-order chi connectivity index (χ1) is 10.6. The van der Waals surface area contributed by atoms with Crippen LogP contribution in [0, 0.1) is 11.3 Å². The monoisotopic (exact) mass is 298 g/mol. The molecule has 7 nitrogen and oxygen atoms in total. The van der Waals surface area contributed by atoms with Gasteiger partial charge in [-0.15, -0.1) is 0 Å². The van der Waals surface area contributed by atoms with E-state index < -0.39 is 6.03 Å². The topological polar surface area (TPSA) is 86.0 Å². The molecule has 0 aliphatic heterocycles. The van der Waals surface area contributed by atoms with Crippen LogP contribution in [0.1, 0.15) is 5.56 Å². The summed E-state index contributed by atoms with van der Waals surface area (Å²) in [5, 5.41) is 18.5. The zero-order valence-corrected chi connectivity index (χ0v) is 12.6. The third-order valence-electron chi connectivity index (χ3n) is 2.96. The third kappa shape index (κ3) is 4.33. The number of carbonyl (C=O) groups is 1. The van der Waals surface area contributed by atoms with Gasteiger partial charge in [-0.3, -0.25) is 4.68 Å². The van der Waals surface area contributed by atoms with Crippen LogP contribution in [-0.2, 0) is 6.54 Å². The summed E-state index contributed by atoms with van der Waals surface area (Å²) >= 11 is 0. The summed E-state index contributed by atoms with van der Waals surface area (Å²) in [7, 11) is 3.98. The number of amides is 2. The summed E-state index contributed by atoms with van der Waals surface area (Å²) in [4.78, 5) is 14.0. The quantitative estimate of drug-likeness (QED) is 0.883. The van der Waals surface area contributed by atoms with E-state index >= 15 is 0 Å². The summed E-state index contributed by atoms with van der Waals surface area (Å²) < 4.78 is 1.76. The molecule has 2 aromatic rings. The van der Waals surface area contributed by atoms with Crippen molar-refractivity contribution >= 4 is 17.4 Å². The Balaban J connectivity index is 1.94. The molecule has 2 amide bonds. The van der Waals surface area contributed by atoms with Crippen molar-refractivity contribution in [3.8, 4) is 6.07 Å². The maximum absolute atomic E-state index is 11.9. The summed E-state index contributed by atoms with van der Waals surface area (Å²) in [5.74, 6) is 0. The Labute approximate surface area is 129 Å². The van der Waals surface area contributed by atoms with Crippen LogP contribution in [0.15, 0.2) is 36.7 Å². The van der Waals surface area contributed by atoms with Gasteiger partial charge >= 0.3 is 6.03 Å². The van der Waals surface area contributed by atoms with E-state index in [4.69, 9.17) is 5.26 Å². The smallest absolute Gasteiger partial charge is 0.308 e. The second kappa shape index (κ2) is 7.24. The number of carbonyl (C=O) groups excluding carboxylic acids is 1. The maximum Gasteiger partial charge on any atom is 0.323 e. The molecule has 0 fully saturated rings. The Morgan fingerprint density at radius 3 is 2.86 bits per heavy atom. The molecule has 0 bridgehead atoms. The zero-order chi connectivity index (χ0) is 15.9. The average Bonchev–Trinajstić information content (AvgIpc) is 2.93. The Hall–Kier alpha value is -2.85. The maximum atomic E-state index is 11.9. The molecule has 114 valence electrons. The number of likely N-dealkylation sites (N-methyl/N-ethyl adjacent to an activating group) is 1. The van der Waals surface area contributed by atoms with Gasteiger partial charge in [0.1, 0.15) is 6.07 Å². The van der Waals surface area contributed by atoms with Crippen LogP contribution in [0.3, 0.4) is 0 Å². The lowest BCUT2D eigenvalue weighted by atomic mass is 10.2. The molecule has 0 saturated heterocycles. The Morgan fingerprint density at radius 1 is 1.36 bits per heavy atom. The number of hydrogen-bond acceptors (Lipinski definition) is 4. The van der Waals surface area contributed by atoms with E-state index in [1.54, 1.807) is 41.3 Å². The minimum Gasteiger partial charge on any atom is -0.308 e. The number of rotatable bonds is 5. The van der Waals surface area contributed by atoms with Crippen molar-refractivity contribution in [1.29, 1.82) is 5.26 Å². The molecule has 0 aliphatic rings. The number of anilines is 2. The fourth-order valence-electron chi connectivity index (χ4n) is 1.83. The van der Waals surface area contributed by atoms with Crippen LogP contribution in [0.4, 0.5) is 16.2 Å². The minimum absolute atomic E-state index is 0.408. The van der Waals surface area contributed by atoms with E-state index in [0.29, 0.717) is 16.9 Å². The fourth-order valence-corrected chi connectivity index (χ4v) is 1.83. The number of hydrogen-bond donors (Lipinski definition) is 2. The molecule has 1 aromatic carbocycles. The lowest BCUT2D eigenvalue weighted by Gasteiger charge is -2.09. The molecule has 0 saturated carbocycles. The molecule has 7 heteroatoms. The molecule has 1 aromatic heterocycles. The van der Waals surface area contributed by atoms with Crippen LogP contribution in [0.25, 0.3) is 0 Å². The minimum atomic E-state index is -0.408. The summed E-state index contributed by atoms with van der Waals surface area (Å²) in [6, 6.07) is 8.46. The second-order valence-electron chi connectivity index (χ2n) is 5.03. The lowest BCUT2D eigenvalue weighted by Crippen LogP contribution is -2.20. The van der Waals surface area contributed by atoms with Crippen molar-refractivity contribution in [2.45, 2.75) is 6.54 Å². The van der Waals surface area contributed by atoms with E-state index in [9.17, 15) is 4.79 Å². The van der Waals surface area contributed by atoms with Gasteiger partial charge < -0.3 is 15.5 Å². The Kier molecular flexibility index (Phi) is 5.11. The molecule has 2 rings (SSSR count). The first kappa shape index (κ1) is 15.5. The van der Waals surface area contributed by atoms with Crippen LogP contribution in [-0.4, -0.2) is 41.4 Å². The van der Waals surface area contributed by atoms with Crippen LogP contribution < -0.4 is 10.6 Å². The molecule has 0 unspecified atom stereocenters. The zero-order valence-electron chi connectivity index (χ0n) is 12.6. The van der Waals surface area contributed by atoms with E-state index in [-0.39, 0.29) is 0 Å². The number of benzene rings is 1. The molecule has 22 heavy (non-hydrogen) atoms. The Morgan fingerprint density at radius 2 is 2.14 bits per heavy atom. The highest BCUT2D eigenvalue weighted by Crippen LogP contribution is 2.14. The number of urea groups is 1. The van der Waals surface area contributed by atoms with Gasteiger partial charge in [-0.1, -0.05) is 12.1 Å². The highest BCUT2D eigenvalue weighted by atomic mass is 16.2. The van der Waals surface area contributed by atoms with Crippen LogP contribution >= 0.6 is 0 Å². The predicted octanol–water partition coefficient (Wildman–Crippen LogP) is 1.96. The predicted molar refractivity (Wildman–Crippen MR) is 84.6 cm³/mol. The molecular weight excluding hydrogens is 280 g/mol. The van der Waals surface area contributed by atoms with Gasteiger partial charge in [0.2, 0.25) is 0 Å². The van der Waals surface area contributed by atoms with Gasteiger partial charge in [0.25, 0.3) is 0 Å². The van der Waals surface area contributed by atoms with E-state index in [0.717, 1.165) is 13.1 Å². The molecule has 1 heterocycles. The van der Waals surface area contributed by atoms with Crippen molar-refractivity contribution in [3.05, 3.63) is 42.2 Å². The normalized spacial score (nSPS) is 10.3. The standard InChI is InChI=1S/C15H18N6O/c1-20(2)7-8-21-11-13(10-17-21)18-15(22)19-14-6-4-3-5-12(14)9-16/h3-6,10-11H,7-8H2,1-2H3,(H2,18,19,22). The van der Waals surface area contributed by atoms with Gasteiger partial charge in [-0.25, -0.2) is 4.79 Å².